The van der Waals surface area contributed by atoms with Crippen LogP contribution in [0.3, 0.4) is 0 Å². The summed E-state index contributed by atoms with van der Waals surface area (Å²) in [5.41, 5.74) is 1.38. The van der Waals surface area contributed by atoms with Gasteiger partial charge in [-0.25, -0.2) is 0 Å². The molecule has 0 bridgehead atoms. The number of rotatable bonds is 19. The van der Waals surface area contributed by atoms with Crippen LogP contribution in [0.25, 0.3) is 0 Å². The fraction of sp³-hybridized carbons (Fsp3) is 0.457. The Hall–Kier alpha value is -3.75. The summed E-state index contributed by atoms with van der Waals surface area (Å²) in [6.45, 7) is 7.79. The maximum atomic E-state index is 13.4. The Labute approximate surface area is 255 Å². The zero-order valence-electron chi connectivity index (χ0n) is 25.0. The number of nitrogens with one attached hydrogen (secondary N) is 2. The Bertz CT molecular complexity index is 1160. The molecule has 0 saturated heterocycles. The monoisotopic (exact) mass is 590 g/mol. The molecule has 232 valence electrons. The maximum Gasteiger partial charge on any atom is 0.309 e. The van der Waals surface area contributed by atoms with Gasteiger partial charge in [0.25, 0.3) is 0 Å². The molecule has 1 fully saturated rings. The van der Waals surface area contributed by atoms with Gasteiger partial charge < -0.3 is 25.2 Å². The van der Waals surface area contributed by atoms with E-state index in [2.05, 4.69) is 23.8 Å². The summed E-state index contributed by atoms with van der Waals surface area (Å²) in [6, 6.07) is 18.7. The Morgan fingerprint density at radius 3 is 2.09 bits per heavy atom. The minimum absolute atomic E-state index is 0.0462. The molecule has 2 aromatic rings. The van der Waals surface area contributed by atoms with E-state index in [1.807, 2.05) is 60.7 Å². The third-order valence-electron chi connectivity index (χ3n) is 7.83. The van der Waals surface area contributed by atoms with Crippen LogP contribution in [0.4, 0.5) is 0 Å². The second kappa shape index (κ2) is 18.0. The lowest BCUT2D eigenvalue weighted by Crippen LogP contribution is -2.50. The second-order valence-corrected chi connectivity index (χ2v) is 11.4. The van der Waals surface area contributed by atoms with Crippen molar-refractivity contribution in [1.82, 2.24) is 10.6 Å². The Morgan fingerprint density at radius 2 is 1.49 bits per heavy atom. The van der Waals surface area contributed by atoms with Crippen molar-refractivity contribution >= 4 is 17.8 Å². The molecule has 1 aliphatic rings. The highest BCUT2D eigenvalue weighted by atomic mass is 16.5. The normalized spacial score (nSPS) is 15.9. The van der Waals surface area contributed by atoms with Crippen LogP contribution in [-0.2, 0) is 36.9 Å². The molecule has 0 radical (unpaired) electrons. The number of carbonyl (C=O) groups is 3. The van der Waals surface area contributed by atoms with Crippen LogP contribution >= 0.6 is 0 Å². The fourth-order valence-electron chi connectivity index (χ4n) is 5.44. The van der Waals surface area contributed by atoms with Crippen molar-refractivity contribution in [3.05, 3.63) is 97.1 Å². The van der Waals surface area contributed by atoms with E-state index in [4.69, 9.17) is 9.47 Å². The van der Waals surface area contributed by atoms with E-state index in [1.165, 1.54) is 0 Å². The van der Waals surface area contributed by atoms with E-state index in [0.717, 1.165) is 36.8 Å². The van der Waals surface area contributed by atoms with Gasteiger partial charge in [0, 0.05) is 6.42 Å². The van der Waals surface area contributed by atoms with Gasteiger partial charge in [0.1, 0.15) is 6.61 Å². The van der Waals surface area contributed by atoms with Gasteiger partial charge in [0.2, 0.25) is 11.8 Å². The molecular formula is C35H46N2O6. The Balaban J connectivity index is 1.64. The van der Waals surface area contributed by atoms with Crippen LogP contribution in [-0.4, -0.2) is 54.3 Å². The van der Waals surface area contributed by atoms with E-state index in [0.29, 0.717) is 25.9 Å². The van der Waals surface area contributed by atoms with Crippen molar-refractivity contribution in [2.45, 2.75) is 69.6 Å². The summed E-state index contributed by atoms with van der Waals surface area (Å²) in [7, 11) is 0. The van der Waals surface area contributed by atoms with E-state index in [9.17, 15) is 19.5 Å². The van der Waals surface area contributed by atoms with Gasteiger partial charge in [0.15, 0.2) is 0 Å². The SMILES string of the molecule is C=CC[C@@H](CC(=O)NC1(CO)CCCC1)C(=O)N[C@@H](COCc1ccccc1)COC(=O)[C@@H](CC=C)Cc1ccccc1. The first kappa shape index (κ1) is 33.7. The fourth-order valence-corrected chi connectivity index (χ4v) is 5.44. The lowest BCUT2D eigenvalue weighted by Gasteiger charge is -2.29. The van der Waals surface area contributed by atoms with Crippen LogP contribution in [0, 0.1) is 11.8 Å². The summed E-state index contributed by atoms with van der Waals surface area (Å²) in [5.74, 6) is -2.09. The molecule has 43 heavy (non-hydrogen) atoms. The van der Waals surface area contributed by atoms with Crippen LogP contribution in [0.2, 0.25) is 0 Å². The van der Waals surface area contributed by atoms with Crippen molar-refractivity contribution in [3.8, 4) is 0 Å². The average molecular weight is 591 g/mol. The average Bonchev–Trinajstić information content (AvgIpc) is 3.49. The summed E-state index contributed by atoms with van der Waals surface area (Å²) in [5, 5.41) is 15.8. The minimum Gasteiger partial charge on any atom is -0.463 e. The number of hydrogen-bond acceptors (Lipinski definition) is 6. The van der Waals surface area contributed by atoms with Crippen LogP contribution in [0.5, 0.6) is 0 Å². The highest BCUT2D eigenvalue weighted by molar-refractivity contribution is 5.86. The molecule has 0 aliphatic heterocycles. The highest BCUT2D eigenvalue weighted by Gasteiger charge is 2.35. The standard InChI is InChI=1S/C35H46N2O6/c1-3-13-29(22-32(39)37-35(26-38)19-11-12-20-35)33(40)36-31(24-42-23-28-17-9-6-10-18-28)25-43-34(41)30(14-4-2)21-27-15-7-5-8-16-27/h3-10,15-18,29-31,38H,1-2,11-14,19-26H2,(H,36,40)(H,37,39)/t29-,30-,31-/m0/s1. The molecule has 8 heteroatoms. The molecule has 2 amide bonds. The number of benzene rings is 2. The number of hydrogen-bond donors (Lipinski definition) is 3. The molecule has 0 aromatic heterocycles. The van der Waals surface area contributed by atoms with Crippen molar-refractivity contribution in [2.24, 2.45) is 11.8 Å². The second-order valence-electron chi connectivity index (χ2n) is 11.4. The Morgan fingerprint density at radius 1 is 0.884 bits per heavy atom. The number of aliphatic hydroxyl groups excluding tert-OH is 1. The van der Waals surface area contributed by atoms with Gasteiger partial charge in [-0.2, -0.15) is 0 Å². The van der Waals surface area contributed by atoms with Gasteiger partial charge in [0.05, 0.1) is 43.2 Å². The summed E-state index contributed by atoms with van der Waals surface area (Å²) < 4.78 is 11.6. The number of allylic oxidation sites excluding steroid dienone is 2. The van der Waals surface area contributed by atoms with Gasteiger partial charge in [-0.15, -0.1) is 13.2 Å². The number of ether oxygens (including phenoxy) is 2. The predicted octanol–water partition coefficient (Wildman–Crippen LogP) is 4.67. The van der Waals surface area contributed by atoms with Crippen LogP contribution in [0.15, 0.2) is 86.0 Å². The molecule has 8 nitrogen and oxygen atoms in total. The van der Waals surface area contributed by atoms with Crippen molar-refractivity contribution in [1.29, 1.82) is 0 Å². The third kappa shape index (κ3) is 11.5. The minimum atomic E-state index is -0.673. The lowest BCUT2D eigenvalue weighted by atomic mass is 9.95. The molecule has 0 heterocycles. The lowest BCUT2D eigenvalue weighted by molar-refractivity contribution is -0.150. The largest absolute Gasteiger partial charge is 0.463 e. The van der Waals surface area contributed by atoms with E-state index < -0.39 is 23.4 Å². The van der Waals surface area contributed by atoms with Crippen molar-refractivity contribution in [2.75, 3.05) is 19.8 Å². The highest BCUT2D eigenvalue weighted by Crippen LogP contribution is 2.29. The molecule has 0 spiro atoms. The zero-order chi connectivity index (χ0) is 30.9. The molecule has 1 saturated carbocycles. The quantitative estimate of drug-likeness (QED) is 0.162. The van der Waals surface area contributed by atoms with Crippen LogP contribution < -0.4 is 10.6 Å². The van der Waals surface area contributed by atoms with Crippen LogP contribution in [0.1, 0.15) is 56.1 Å². The first-order chi connectivity index (χ1) is 20.9. The first-order valence-corrected chi connectivity index (χ1v) is 15.1. The van der Waals surface area contributed by atoms with E-state index >= 15 is 0 Å². The molecule has 1 aliphatic carbocycles. The van der Waals surface area contributed by atoms with Gasteiger partial charge >= 0.3 is 5.97 Å². The summed E-state index contributed by atoms with van der Waals surface area (Å²) in [4.78, 5) is 39.5. The first-order valence-electron chi connectivity index (χ1n) is 15.1. The zero-order valence-corrected chi connectivity index (χ0v) is 25.0. The van der Waals surface area contributed by atoms with Gasteiger partial charge in [-0.3, -0.25) is 14.4 Å². The molecule has 3 rings (SSSR count). The summed E-state index contributed by atoms with van der Waals surface area (Å²) >= 11 is 0. The third-order valence-corrected chi connectivity index (χ3v) is 7.83. The molecule has 3 N–H and O–H groups in total. The number of amides is 2. The molecule has 3 atom stereocenters. The number of carbonyl (C=O) groups excluding carboxylic acids is 3. The topological polar surface area (TPSA) is 114 Å². The molecule has 2 aromatic carbocycles. The molecule has 0 unspecified atom stereocenters. The smallest absolute Gasteiger partial charge is 0.309 e. The Kier molecular flexibility index (Phi) is 14.2. The van der Waals surface area contributed by atoms with E-state index in [1.54, 1.807) is 12.2 Å². The number of esters is 1. The van der Waals surface area contributed by atoms with E-state index in [-0.39, 0.29) is 44.0 Å². The number of aliphatic hydroxyl groups is 1. The van der Waals surface area contributed by atoms with Gasteiger partial charge in [-0.1, -0.05) is 85.7 Å². The van der Waals surface area contributed by atoms with Crippen molar-refractivity contribution in [3.63, 3.8) is 0 Å². The van der Waals surface area contributed by atoms with Crippen molar-refractivity contribution < 1.29 is 29.0 Å². The predicted molar refractivity (Wildman–Crippen MR) is 167 cm³/mol. The van der Waals surface area contributed by atoms with Gasteiger partial charge in [-0.05, 0) is 43.2 Å². The molecular weight excluding hydrogens is 544 g/mol. The summed E-state index contributed by atoms with van der Waals surface area (Å²) in [6.07, 6.45) is 7.86. The maximum absolute atomic E-state index is 13.4.